The van der Waals surface area contributed by atoms with E-state index in [2.05, 4.69) is 26.8 Å². The fraction of sp³-hybridized carbons (Fsp3) is 0.773. The van der Waals surface area contributed by atoms with Crippen LogP contribution >= 0.6 is 0 Å². The summed E-state index contributed by atoms with van der Waals surface area (Å²) in [6.45, 7) is 7.47. The standard InChI is InChI=1S/C22H32O2/c1-14(13-23)18-6-7-19-17-5-4-15-12-16(24)8-10-21(15,2)20(17)9-11-22(18,19)3/h8,10,12,14,17-20,23H,4-7,9,11,13H2,1-3H3/t14-,17+,18-,19+,20+,21-,22-/m0/s1. The van der Waals surface area contributed by atoms with Crippen LogP contribution in [-0.2, 0) is 4.79 Å². The molecule has 3 saturated carbocycles. The van der Waals surface area contributed by atoms with Crippen LogP contribution in [-0.4, -0.2) is 17.5 Å². The summed E-state index contributed by atoms with van der Waals surface area (Å²) >= 11 is 0. The number of fused-ring (bicyclic) bond motifs is 5. The van der Waals surface area contributed by atoms with Crippen molar-refractivity contribution in [3.8, 4) is 0 Å². The quantitative estimate of drug-likeness (QED) is 0.808. The number of allylic oxidation sites excluding steroid dienone is 4. The Hall–Kier alpha value is -0.890. The first-order valence-electron chi connectivity index (χ1n) is 9.95. The van der Waals surface area contributed by atoms with Gasteiger partial charge in [0.15, 0.2) is 5.78 Å². The van der Waals surface area contributed by atoms with Gasteiger partial charge in [0.2, 0.25) is 0 Å². The van der Waals surface area contributed by atoms with Gasteiger partial charge >= 0.3 is 0 Å². The van der Waals surface area contributed by atoms with Crippen LogP contribution in [0.25, 0.3) is 0 Å². The zero-order chi connectivity index (χ0) is 17.1. The van der Waals surface area contributed by atoms with Crippen LogP contribution in [0.2, 0.25) is 0 Å². The van der Waals surface area contributed by atoms with E-state index in [4.69, 9.17) is 0 Å². The van der Waals surface area contributed by atoms with Crippen molar-refractivity contribution in [3.05, 3.63) is 23.8 Å². The molecule has 2 nitrogen and oxygen atoms in total. The second kappa shape index (κ2) is 5.56. The third-order valence-corrected chi connectivity index (χ3v) is 8.60. The van der Waals surface area contributed by atoms with Gasteiger partial charge in [0.25, 0.3) is 0 Å². The van der Waals surface area contributed by atoms with Crippen molar-refractivity contribution in [1.29, 1.82) is 0 Å². The highest BCUT2D eigenvalue weighted by atomic mass is 16.3. The Morgan fingerprint density at radius 1 is 1.21 bits per heavy atom. The highest BCUT2D eigenvalue weighted by Gasteiger charge is 2.58. The van der Waals surface area contributed by atoms with Crippen LogP contribution < -0.4 is 0 Å². The molecule has 0 bridgehead atoms. The molecule has 0 aliphatic heterocycles. The first kappa shape index (κ1) is 16.6. The van der Waals surface area contributed by atoms with Crippen LogP contribution in [0.1, 0.15) is 59.3 Å². The highest BCUT2D eigenvalue weighted by Crippen LogP contribution is 2.66. The molecule has 2 heteroatoms. The van der Waals surface area contributed by atoms with E-state index in [9.17, 15) is 9.90 Å². The predicted molar refractivity (Wildman–Crippen MR) is 96.4 cm³/mol. The largest absolute Gasteiger partial charge is 0.396 e. The molecule has 24 heavy (non-hydrogen) atoms. The van der Waals surface area contributed by atoms with E-state index in [1.54, 1.807) is 0 Å². The number of hydrogen-bond acceptors (Lipinski definition) is 2. The molecule has 0 aromatic heterocycles. The van der Waals surface area contributed by atoms with E-state index < -0.39 is 0 Å². The lowest BCUT2D eigenvalue weighted by Gasteiger charge is -2.57. The molecule has 0 spiro atoms. The fourth-order valence-electron chi connectivity index (χ4n) is 7.30. The lowest BCUT2D eigenvalue weighted by atomic mass is 9.47. The second-order valence-corrected chi connectivity index (χ2v) is 9.49. The molecule has 3 fully saturated rings. The summed E-state index contributed by atoms with van der Waals surface area (Å²) in [6.07, 6.45) is 13.5. The van der Waals surface area contributed by atoms with Gasteiger partial charge in [0.1, 0.15) is 0 Å². The number of hydrogen-bond donors (Lipinski definition) is 1. The van der Waals surface area contributed by atoms with Crippen LogP contribution in [0.4, 0.5) is 0 Å². The van der Waals surface area contributed by atoms with Crippen molar-refractivity contribution in [2.24, 2.45) is 40.4 Å². The number of aliphatic hydroxyl groups excluding tert-OH is 1. The molecule has 4 rings (SSSR count). The van der Waals surface area contributed by atoms with Crippen molar-refractivity contribution in [1.82, 2.24) is 0 Å². The maximum atomic E-state index is 11.8. The number of carbonyl (C=O) groups is 1. The maximum absolute atomic E-state index is 11.8. The first-order chi connectivity index (χ1) is 11.4. The molecule has 0 unspecified atom stereocenters. The van der Waals surface area contributed by atoms with E-state index in [0.717, 1.165) is 18.3 Å². The number of ketones is 1. The minimum Gasteiger partial charge on any atom is -0.396 e. The van der Waals surface area contributed by atoms with Gasteiger partial charge in [-0.05, 0) is 85.7 Å². The monoisotopic (exact) mass is 328 g/mol. The zero-order valence-corrected chi connectivity index (χ0v) is 15.4. The molecule has 0 radical (unpaired) electrons. The number of carbonyl (C=O) groups excluding carboxylic acids is 1. The molecule has 0 aromatic rings. The normalized spacial score (nSPS) is 48.3. The van der Waals surface area contributed by atoms with Gasteiger partial charge < -0.3 is 5.11 Å². The Labute approximate surface area is 146 Å². The molecular weight excluding hydrogens is 296 g/mol. The van der Waals surface area contributed by atoms with Gasteiger partial charge in [-0.15, -0.1) is 0 Å². The van der Waals surface area contributed by atoms with Gasteiger partial charge in [-0.1, -0.05) is 32.4 Å². The zero-order valence-electron chi connectivity index (χ0n) is 15.4. The predicted octanol–water partition coefficient (Wildman–Crippen LogP) is 4.54. The lowest BCUT2D eigenvalue weighted by molar-refractivity contribution is -0.111. The molecule has 4 aliphatic rings. The molecule has 1 N–H and O–H groups in total. The maximum Gasteiger partial charge on any atom is 0.178 e. The van der Waals surface area contributed by atoms with Crippen molar-refractivity contribution < 1.29 is 9.90 Å². The molecule has 0 heterocycles. The van der Waals surface area contributed by atoms with Crippen LogP contribution in [0.3, 0.4) is 0 Å². The summed E-state index contributed by atoms with van der Waals surface area (Å²) in [6, 6.07) is 0. The Morgan fingerprint density at radius 2 is 2.00 bits per heavy atom. The van der Waals surface area contributed by atoms with Crippen LogP contribution in [0.15, 0.2) is 23.8 Å². The van der Waals surface area contributed by atoms with Crippen molar-refractivity contribution >= 4 is 5.78 Å². The Bertz CT molecular complexity index is 603. The summed E-state index contributed by atoms with van der Waals surface area (Å²) in [5, 5.41) is 9.70. The Morgan fingerprint density at radius 3 is 2.75 bits per heavy atom. The van der Waals surface area contributed by atoms with E-state index in [-0.39, 0.29) is 11.2 Å². The summed E-state index contributed by atoms with van der Waals surface area (Å²) in [5.74, 6) is 3.58. The van der Waals surface area contributed by atoms with Gasteiger partial charge in [0.05, 0.1) is 0 Å². The average Bonchev–Trinajstić information content (AvgIpc) is 2.92. The summed E-state index contributed by atoms with van der Waals surface area (Å²) < 4.78 is 0. The Kier molecular flexibility index (Phi) is 3.84. The van der Waals surface area contributed by atoms with E-state index in [1.165, 1.54) is 37.7 Å². The summed E-state index contributed by atoms with van der Waals surface area (Å²) in [5.41, 5.74) is 1.91. The van der Waals surface area contributed by atoms with Crippen molar-refractivity contribution in [2.45, 2.75) is 59.3 Å². The molecule has 0 saturated heterocycles. The van der Waals surface area contributed by atoms with Gasteiger partial charge in [0, 0.05) is 12.0 Å². The van der Waals surface area contributed by atoms with Crippen molar-refractivity contribution in [3.63, 3.8) is 0 Å². The minimum atomic E-state index is 0.110. The van der Waals surface area contributed by atoms with E-state index >= 15 is 0 Å². The van der Waals surface area contributed by atoms with Gasteiger partial charge in [-0.2, -0.15) is 0 Å². The van der Waals surface area contributed by atoms with Gasteiger partial charge in [-0.3, -0.25) is 4.79 Å². The van der Waals surface area contributed by atoms with Gasteiger partial charge in [-0.25, -0.2) is 0 Å². The fourth-order valence-corrected chi connectivity index (χ4v) is 7.30. The molecule has 132 valence electrons. The number of aliphatic hydroxyl groups is 1. The summed E-state index contributed by atoms with van der Waals surface area (Å²) in [4.78, 5) is 11.8. The SMILES string of the molecule is C[C@@H](CO)[C@@H]1CC[C@@H]2[C@H]3CCC4=CC(=O)C=C[C@]4(C)[C@@H]3CC[C@]21C. The molecular formula is C22H32O2. The first-order valence-corrected chi connectivity index (χ1v) is 9.95. The Balaban J connectivity index is 1.65. The molecule has 4 aliphatic carbocycles. The number of rotatable bonds is 2. The second-order valence-electron chi connectivity index (χ2n) is 9.49. The van der Waals surface area contributed by atoms with E-state index in [0.29, 0.717) is 29.8 Å². The molecule has 7 atom stereocenters. The van der Waals surface area contributed by atoms with E-state index in [1.807, 2.05) is 12.2 Å². The smallest absolute Gasteiger partial charge is 0.178 e. The summed E-state index contributed by atoms with van der Waals surface area (Å²) in [7, 11) is 0. The highest BCUT2D eigenvalue weighted by molar-refractivity contribution is 6.01. The van der Waals surface area contributed by atoms with Crippen molar-refractivity contribution in [2.75, 3.05) is 6.61 Å². The topological polar surface area (TPSA) is 37.3 Å². The third kappa shape index (κ3) is 2.14. The third-order valence-electron chi connectivity index (χ3n) is 8.60. The average molecular weight is 328 g/mol. The lowest BCUT2D eigenvalue weighted by Crippen LogP contribution is -2.50. The van der Waals surface area contributed by atoms with Crippen LogP contribution in [0, 0.1) is 40.4 Å². The molecule has 0 amide bonds. The van der Waals surface area contributed by atoms with Crippen LogP contribution in [0.5, 0.6) is 0 Å². The minimum absolute atomic E-state index is 0.110. The molecule has 0 aromatic carbocycles.